The molecule has 0 bridgehead atoms. The Hall–Kier alpha value is -1.85. The Morgan fingerprint density at radius 2 is 2.29 bits per heavy atom. The van der Waals surface area contributed by atoms with Crippen LogP contribution in [0, 0.1) is 0 Å². The Labute approximate surface area is 127 Å². The first-order chi connectivity index (χ1) is 10.0. The van der Waals surface area contributed by atoms with Crippen molar-refractivity contribution in [3.05, 3.63) is 40.5 Å². The maximum atomic E-state index is 10.9. The maximum absolute atomic E-state index is 10.9. The topological polar surface area (TPSA) is 69.2 Å². The molecule has 2 aromatic rings. The second-order valence-corrected chi connectivity index (χ2v) is 5.86. The van der Waals surface area contributed by atoms with Gasteiger partial charge >= 0.3 is 5.97 Å². The number of carboxylic acids is 1. The van der Waals surface area contributed by atoms with Gasteiger partial charge in [0.2, 0.25) is 0 Å². The molecule has 0 radical (unpaired) electrons. The molecule has 6 heteroatoms. The predicted molar refractivity (Wildman–Crippen MR) is 80.8 cm³/mol. The molecule has 1 aliphatic rings. The van der Waals surface area contributed by atoms with Crippen molar-refractivity contribution in [1.82, 2.24) is 15.1 Å². The summed E-state index contributed by atoms with van der Waals surface area (Å²) in [6.07, 6.45) is 1.11. The van der Waals surface area contributed by atoms with Crippen molar-refractivity contribution in [2.75, 3.05) is 20.1 Å². The van der Waals surface area contributed by atoms with Crippen LogP contribution in [0.25, 0.3) is 11.3 Å². The lowest BCUT2D eigenvalue weighted by atomic mass is 9.96. The number of halogens is 1. The highest BCUT2D eigenvalue weighted by atomic mass is 35.5. The minimum Gasteiger partial charge on any atom is -0.477 e. The van der Waals surface area contributed by atoms with E-state index in [0.29, 0.717) is 16.6 Å². The number of nitrogens with one attached hydrogen (secondary N) is 1. The van der Waals surface area contributed by atoms with Gasteiger partial charge in [0, 0.05) is 17.1 Å². The van der Waals surface area contributed by atoms with E-state index in [1.165, 1.54) is 6.07 Å². The van der Waals surface area contributed by atoms with Gasteiger partial charge in [0.1, 0.15) is 5.69 Å². The molecule has 5 nitrogen and oxygen atoms in total. The Morgan fingerprint density at radius 1 is 1.48 bits per heavy atom. The summed E-state index contributed by atoms with van der Waals surface area (Å²) < 4.78 is 0. The van der Waals surface area contributed by atoms with Gasteiger partial charge in [-0.2, -0.15) is 5.10 Å². The smallest absolute Gasteiger partial charge is 0.353 e. The van der Waals surface area contributed by atoms with Gasteiger partial charge in [-0.1, -0.05) is 23.7 Å². The Bertz CT molecular complexity index is 683. The van der Waals surface area contributed by atoms with Crippen LogP contribution >= 0.6 is 11.6 Å². The van der Waals surface area contributed by atoms with Crippen LogP contribution < -0.4 is 0 Å². The third-order valence-electron chi connectivity index (χ3n) is 3.94. The summed E-state index contributed by atoms with van der Waals surface area (Å²) in [5, 5.41) is 16.1. The summed E-state index contributed by atoms with van der Waals surface area (Å²) in [5.41, 5.74) is 2.63. The minimum atomic E-state index is -1.02. The van der Waals surface area contributed by atoms with Gasteiger partial charge in [-0.25, -0.2) is 4.79 Å². The number of rotatable bonds is 3. The molecule has 3 rings (SSSR count). The van der Waals surface area contributed by atoms with E-state index >= 15 is 0 Å². The lowest BCUT2D eigenvalue weighted by Crippen LogP contribution is -2.13. The summed E-state index contributed by atoms with van der Waals surface area (Å²) in [5.74, 6) is -0.559. The molecule has 0 aliphatic carbocycles. The summed E-state index contributed by atoms with van der Waals surface area (Å²) in [6, 6.07) is 7.34. The van der Waals surface area contributed by atoms with Crippen LogP contribution in [-0.4, -0.2) is 46.3 Å². The van der Waals surface area contributed by atoms with Gasteiger partial charge in [-0.05, 0) is 43.6 Å². The molecule has 0 spiro atoms. The van der Waals surface area contributed by atoms with Crippen molar-refractivity contribution in [3.8, 4) is 11.3 Å². The van der Waals surface area contributed by atoms with Crippen LogP contribution in [0.5, 0.6) is 0 Å². The Morgan fingerprint density at radius 3 is 2.86 bits per heavy atom. The number of carboxylic acid groups (broad SMARTS) is 1. The molecule has 2 heterocycles. The number of aromatic nitrogens is 2. The average Bonchev–Trinajstić information content (AvgIpc) is 3.07. The highest BCUT2D eigenvalue weighted by Gasteiger charge is 2.23. The van der Waals surface area contributed by atoms with E-state index in [4.69, 9.17) is 16.7 Å². The number of hydrogen-bond acceptors (Lipinski definition) is 3. The molecule has 1 unspecified atom stereocenters. The third-order valence-corrected chi connectivity index (χ3v) is 4.26. The zero-order chi connectivity index (χ0) is 15.0. The first-order valence-electron chi connectivity index (χ1n) is 6.81. The zero-order valence-corrected chi connectivity index (χ0v) is 12.4. The van der Waals surface area contributed by atoms with E-state index in [9.17, 15) is 4.79 Å². The number of aromatic carboxylic acids is 1. The van der Waals surface area contributed by atoms with Gasteiger partial charge < -0.3 is 10.0 Å². The van der Waals surface area contributed by atoms with E-state index in [1.807, 2.05) is 18.2 Å². The van der Waals surface area contributed by atoms with Gasteiger partial charge in [-0.15, -0.1) is 0 Å². The van der Waals surface area contributed by atoms with E-state index in [0.717, 1.165) is 30.6 Å². The van der Waals surface area contributed by atoms with Crippen molar-refractivity contribution in [3.63, 3.8) is 0 Å². The average molecular weight is 306 g/mol. The number of H-pyrrole nitrogens is 1. The fourth-order valence-electron chi connectivity index (χ4n) is 2.79. The van der Waals surface area contributed by atoms with Gasteiger partial charge in [0.15, 0.2) is 0 Å². The highest BCUT2D eigenvalue weighted by molar-refractivity contribution is 6.31. The summed E-state index contributed by atoms with van der Waals surface area (Å²) in [6.45, 7) is 2.11. The number of benzene rings is 1. The summed E-state index contributed by atoms with van der Waals surface area (Å²) >= 11 is 6.40. The van der Waals surface area contributed by atoms with Crippen molar-refractivity contribution >= 4 is 17.6 Å². The van der Waals surface area contributed by atoms with E-state index in [1.54, 1.807) is 0 Å². The third kappa shape index (κ3) is 2.80. The molecule has 1 atom stereocenters. The van der Waals surface area contributed by atoms with Gasteiger partial charge in [-0.3, -0.25) is 5.10 Å². The molecule has 21 heavy (non-hydrogen) atoms. The number of likely N-dealkylation sites (N-methyl/N-ethyl adjacent to an activating group) is 1. The van der Waals surface area contributed by atoms with Crippen molar-refractivity contribution < 1.29 is 9.90 Å². The molecule has 1 aliphatic heterocycles. The van der Waals surface area contributed by atoms with E-state index in [-0.39, 0.29) is 5.69 Å². The lowest BCUT2D eigenvalue weighted by Gasteiger charge is -2.13. The Kier molecular flexibility index (Phi) is 3.69. The molecular formula is C15H16ClN3O2. The number of nitrogens with zero attached hydrogens (tertiary/aromatic N) is 2. The van der Waals surface area contributed by atoms with E-state index < -0.39 is 5.97 Å². The number of aromatic amines is 1. The first kappa shape index (κ1) is 14.1. The van der Waals surface area contributed by atoms with Crippen LogP contribution in [0.4, 0.5) is 0 Å². The van der Waals surface area contributed by atoms with Gasteiger partial charge in [0.05, 0.1) is 5.69 Å². The lowest BCUT2D eigenvalue weighted by molar-refractivity contribution is 0.0690. The normalized spacial score (nSPS) is 19.0. The fourth-order valence-corrected chi connectivity index (χ4v) is 3.12. The molecular weight excluding hydrogens is 290 g/mol. The van der Waals surface area contributed by atoms with Gasteiger partial charge in [0.25, 0.3) is 0 Å². The maximum Gasteiger partial charge on any atom is 0.353 e. The monoisotopic (exact) mass is 305 g/mol. The Balaban J connectivity index is 1.88. The number of likely N-dealkylation sites (tertiary alicyclic amines) is 1. The molecule has 2 N–H and O–H groups in total. The minimum absolute atomic E-state index is 0.0719. The standard InChI is InChI=1S/C15H16ClN3O2/c1-19-5-4-10(8-19)11-3-2-9(6-12(11)16)13-7-14(15(20)21)18-17-13/h2-3,6-7,10H,4-5,8H2,1H3,(H,17,18)(H,20,21). The van der Waals surface area contributed by atoms with Crippen molar-refractivity contribution in [2.45, 2.75) is 12.3 Å². The number of hydrogen-bond donors (Lipinski definition) is 2. The van der Waals surface area contributed by atoms with Crippen molar-refractivity contribution in [1.29, 1.82) is 0 Å². The molecule has 1 aromatic heterocycles. The molecule has 1 saturated heterocycles. The van der Waals surface area contributed by atoms with Crippen LogP contribution in [0.15, 0.2) is 24.3 Å². The summed E-state index contributed by atoms with van der Waals surface area (Å²) in [7, 11) is 2.11. The zero-order valence-electron chi connectivity index (χ0n) is 11.6. The van der Waals surface area contributed by atoms with Crippen LogP contribution in [0.2, 0.25) is 5.02 Å². The molecule has 0 amide bonds. The van der Waals surface area contributed by atoms with Crippen molar-refractivity contribution in [2.24, 2.45) is 0 Å². The van der Waals surface area contributed by atoms with Crippen LogP contribution in [0.1, 0.15) is 28.4 Å². The SMILES string of the molecule is CN1CCC(c2ccc(-c3cc(C(=O)O)[nH]n3)cc2Cl)C1. The molecule has 1 aromatic carbocycles. The predicted octanol–water partition coefficient (Wildman–Crippen LogP) is 2.85. The van der Waals surface area contributed by atoms with E-state index in [2.05, 4.69) is 22.1 Å². The summed E-state index contributed by atoms with van der Waals surface area (Å²) in [4.78, 5) is 13.2. The highest BCUT2D eigenvalue weighted by Crippen LogP contribution is 2.34. The quantitative estimate of drug-likeness (QED) is 0.915. The largest absolute Gasteiger partial charge is 0.477 e. The van der Waals surface area contributed by atoms with Crippen LogP contribution in [0.3, 0.4) is 0 Å². The molecule has 1 fully saturated rings. The molecule has 110 valence electrons. The fraction of sp³-hybridized carbons (Fsp3) is 0.333. The second-order valence-electron chi connectivity index (χ2n) is 5.46. The first-order valence-corrected chi connectivity index (χ1v) is 7.19. The number of carbonyl (C=O) groups is 1. The van der Waals surface area contributed by atoms with Crippen LogP contribution in [-0.2, 0) is 0 Å². The molecule has 0 saturated carbocycles. The second kappa shape index (κ2) is 5.50.